The maximum absolute atomic E-state index is 9.23. The minimum atomic E-state index is -0.368. The Hall–Kier alpha value is -2.46. The van der Waals surface area contributed by atoms with E-state index in [0.29, 0.717) is 11.3 Å². The van der Waals surface area contributed by atoms with Gasteiger partial charge in [0.2, 0.25) is 0 Å². The lowest BCUT2D eigenvalue weighted by Crippen LogP contribution is -2.00. The minimum absolute atomic E-state index is 0.368. The normalized spacial score (nSPS) is 11.4. The highest BCUT2D eigenvalue weighted by molar-refractivity contribution is 6.23. The van der Waals surface area contributed by atoms with E-state index in [0.717, 1.165) is 41.0 Å². The number of aryl methyl sites for hydroxylation is 1. The van der Waals surface area contributed by atoms with Crippen LogP contribution < -0.4 is 4.65 Å². The fraction of sp³-hybridized carbons (Fsp3) is 0.200. The van der Waals surface area contributed by atoms with E-state index in [1.165, 1.54) is 10.9 Å². The second kappa shape index (κ2) is 6.21. The summed E-state index contributed by atoms with van der Waals surface area (Å²) in [6.07, 6.45) is 3.37. The SMILES string of the molecule is CCCCc1cccc2cc(OBO)c3oc4ccccc4c3c12. The summed E-state index contributed by atoms with van der Waals surface area (Å²) in [4.78, 5) is 0. The molecule has 120 valence electrons. The fourth-order valence-corrected chi connectivity index (χ4v) is 3.47. The Kier molecular flexibility index (Phi) is 3.91. The summed E-state index contributed by atoms with van der Waals surface area (Å²) in [5.41, 5.74) is 2.89. The largest absolute Gasteiger partial charge is 0.536 e. The van der Waals surface area contributed by atoms with E-state index < -0.39 is 0 Å². The van der Waals surface area contributed by atoms with Gasteiger partial charge in [0.05, 0.1) is 0 Å². The average Bonchev–Trinajstić information content (AvgIpc) is 3.00. The molecule has 4 aromatic rings. The molecule has 0 bridgehead atoms. The lowest BCUT2D eigenvalue weighted by molar-refractivity contribution is 0.451. The predicted molar refractivity (Wildman–Crippen MR) is 99.8 cm³/mol. The summed E-state index contributed by atoms with van der Waals surface area (Å²) >= 11 is 0. The van der Waals surface area contributed by atoms with Crippen molar-refractivity contribution in [1.82, 2.24) is 0 Å². The van der Waals surface area contributed by atoms with Crippen molar-refractivity contribution in [3.8, 4) is 5.75 Å². The summed E-state index contributed by atoms with van der Waals surface area (Å²) in [5.74, 6) is 0.587. The standard InChI is InChI=1S/C20H19BO3/c1-2-3-7-13-8-6-9-14-12-17(24-21-22)20-19(18(13)14)15-10-4-5-11-16(15)23-20/h4-6,8-12,21-22H,2-3,7H2,1H3. The smallest absolute Gasteiger partial charge is 0.504 e. The molecule has 0 aliphatic heterocycles. The first-order valence-corrected chi connectivity index (χ1v) is 8.43. The third-order valence-corrected chi connectivity index (χ3v) is 4.56. The summed E-state index contributed by atoms with van der Waals surface area (Å²) in [5, 5.41) is 13.8. The zero-order valence-electron chi connectivity index (χ0n) is 13.7. The summed E-state index contributed by atoms with van der Waals surface area (Å²) in [6, 6.07) is 16.4. The van der Waals surface area contributed by atoms with E-state index >= 15 is 0 Å². The van der Waals surface area contributed by atoms with Crippen molar-refractivity contribution >= 4 is 40.4 Å². The number of unbranched alkanes of at least 4 members (excludes halogenated alkanes) is 1. The fourth-order valence-electron chi connectivity index (χ4n) is 3.47. The molecule has 0 radical (unpaired) electrons. The third kappa shape index (κ3) is 2.34. The molecule has 0 saturated carbocycles. The Balaban J connectivity index is 2.15. The molecule has 0 unspecified atom stereocenters. The van der Waals surface area contributed by atoms with Crippen LogP contribution in [0.4, 0.5) is 0 Å². The van der Waals surface area contributed by atoms with Crippen LogP contribution in [0.25, 0.3) is 32.7 Å². The highest BCUT2D eigenvalue weighted by atomic mass is 16.5. The zero-order chi connectivity index (χ0) is 16.5. The Morgan fingerprint density at radius 3 is 2.79 bits per heavy atom. The van der Waals surface area contributed by atoms with Crippen molar-refractivity contribution < 1.29 is 14.1 Å². The van der Waals surface area contributed by atoms with Crippen molar-refractivity contribution in [3.05, 3.63) is 54.1 Å². The molecule has 0 fully saturated rings. The molecule has 1 heterocycles. The van der Waals surface area contributed by atoms with Crippen LogP contribution in [0.2, 0.25) is 0 Å². The Morgan fingerprint density at radius 2 is 1.96 bits per heavy atom. The van der Waals surface area contributed by atoms with E-state index in [2.05, 4.69) is 31.2 Å². The predicted octanol–water partition coefficient (Wildman–Crippen LogP) is 4.72. The van der Waals surface area contributed by atoms with Gasteiger partial charge in [-0.1, -0.05) is 49.7 Å². The Morgan fingerprint density at radius 1 is 1.08 bits per heavy atom. The van der Waals surface area contributed by atoms with E-state index in [1.54, 1.807) is 0 Å². The zero-order valence-corrected chi connectivity index (χ0v) is 13.7. The van der Waals surface area contributed by atoms with Crippen molar-refractivity contribution in [1.29, 1.82) is 0 Å². The van der Waals surface area contributed by atoms with Crippen molar-refractivity contribution in [2.75, 3.05) is 0 Å². The molecule has 0 aliphatic rings. The van der Waals surface area contributed by atoms with Gasteiger partial charge in [0.1, 0.15) is 11.3 Å². The van der Waals surface area contributed by atoms with Crippen LogP contribution in [0, 0.1) is 0 Å². The van der Waals surface area contributed by atoms with E-state index in [9.17, 15) is 5.02 Å². The molecular weight excluding hydrogens is 299 g/mol. The van der Waals surface area contributed by atoms with Gasteiger partial charge in [-0.2, -0.15) is 0 Å². The Bertz CT molecular complexity index is 1020. The van der Waals surface area contributed by atoms with Crippen LogP contribution in [0.5, 0.6) is 5.75 Å². The summed E-state index contributed by atoms with van der Waals surface area (Å²) < 4.78 is 11.5. The van der Waals surface area contributed by atoms with E-state index in [-0.39, 0.29) is 7.69 Å². The van der Waals surface area contributed by atoms with Crippen LogP contribution in [0.3, 0.4) is 0 Å². The van der Waals surface area contributed by atoms with Gasteiger partial charge < -0.3 is 14.1 Å². The maximum Gasteiger partial charge on any atom is 0.504 e. The molecule has 4 heteroatoms. The van der Waals surface area contributed by atoms with Gasteiger partial charge in [-0.3, -0.25) is 0 Å². The number of furan rings is 1. The molecule has 4 rings (SSSR count). The molecule has 0 aliphatic carbocycles. The van der Waals surface area contributed by atoms with Crippen molar-refractivity contribution in [2.45, 2.75) is 26.2 Å². The van der Waals surface area contributed by atoms with Crippen LogP contribution in [-0.4, -0.2) is 12.7 Å². The van der Waals surface area contributed by atoms with Crippen molar-refractivity contribution in [2.24, 2.45) is 0 Å². The monoisotopic (exact) mass is 318 g/mol. The first kappa shape index (κ1) is 15.1. The van der Waals surface area contributed by atoms with Gasteiger partial charge in [0.25, 0.3) is 0 Å². The number of fused-ring (bicyclic) bond motifs is 5. The quantitative estimate of drug-likeness (QED) is 0.541. The highest BCUT2D eigenvalue weighted by Crippen LogP contribution is 2.41. The summed E-state index contributed by atoms with van der Waals surface area (Å²) in [7, 11) is -0.368. The van der Waals surface area contributed by atoms with E-state index in [1.807, 2.05) is 24.3 Å². The second-order valence-electron chi connectivity index (χ2n) is 6.07. The number of hydrogen-bond donors (Lipinski definition) is 1. The number of hydrogen-bond acceptors (Lipinski definition) is 3. The first-order chi connectivity index (χ1) is 11.8. The van der Waals surface area contributed by atoms with E-state index in [4.69, 9.17) is 9.07 Å². The van der Waals surface area contributed by atoms with Gasteiger partial charge in [-0.25, -0.2) is 0 Å². The molecule has 0 atom stereocenters. The molecule has 3 nitrogen and oxygen atoms in total. The Labute approximate surface area is 141 Å². The molecular formula is C20H19BO3. The van der Waals surface area contributed by atoms with Gasteiger partial charge in [0, 0.05) is 10.8 Å². The highest BCUT2D eigenvalue weighted by Gasteiger charge is 2.17. The number of rotatable bonds is 5. The molecule has 0 amide bonds. The molecule has 24 heavy (non-hydrogen) atoms. The number of benzene rings is 3. The maximum atomic E-state index is 9.23. The lowest BCUT2D eigenvalue weighted by Gasteiger charge is -2.11. The first-order valence-electron chi connectivity index (χ1n) is 8.43. The second-order valence-corrected chi connectivity index (χ2v) is 6.07. The van der Waals surface area contributed by atoms with Gasteiger partial charge in [0.15, 0.2) is 5.58 Å². The minimum Gasteiger partial charge on any atom is -0.536 e. The number of para-hydroxylation sites is 1. The topological polar surface area (TPSA) is 42.6 Å². The van der Waals surface area contributed by atoms with Gasteiger partial charge >= 0.3 is 7.69 Å². The molecule has 1 N–H and O–H groups in total. The van der Waals surface area contributed by atoms with Crippen LogP contribution >= 0.6 is 0 Å². The van der Waals surface area contributed by atoms with Crippen molar-refractivity contribution in [3.63, 3.8) is 0 Å². The van der Waals surface area contributed by atoms with Gasteiger partial charge in [-0.05, 0) is 41.3 Å². The summed E-state index contributed by atoms with van der Waals surface area (Å²) in [6.45, 7) is 2.21. The van der Waals surface area contributed by atoms with Gasteiger partial charge in [-0.15, -0.1) is 0 Å². The van der Waals surface area contributed by atoms with Crippen LogP contribution in [0.15, 0.2) is 52.9 Å². The van der Waals surface area contributed by atoms with Crippen LogP contribution in [-0.2, 0) is 6.42 Å². The molecule has 0 saturated heterocycles. The molecule has 1 aromatic heterocycles. The molecule has 0 spiro atoms. The molecule has 3 aromatic carbocycles. The van der Waals surface area contributed by atoms with Crippen LogP contribution in [0.1, 0.15) is 25.3 Å². The third-order valence-electron chi connectivity index (χ3n) is 4.56. The lowest BCUT2D eigenvalue weighted by atomic mass is 9.95. The average molecular weight is 318 g/mol.